The Balaban J connectivity index is 0.00000116. The van der Waals surface area contributed by atoms with Crippen LogP contribution in [0.25, 0.3) is 11.0 Å². The molecule has 0 aliphatic rings. The number of fused-ring (bicyclic) bond motifs is 1. The van der Waals surface area contributed by atoms with E-state index in [1.807, 2.05) is 32.1 Å². The first-order valence-electron chi connectivity index (χ1n) is 6.78. The molecule has 0 radical (unpaired) electrons. The van der Waals surface area contributed by atoms with Crippen molar-refractivity contribution in [2.24, 2.45) is 11.7 Å². The molecule has 0 bridgehead atoms. The van der Waals surface area contributed by atoms with Gasteiger partial charge >= 0.3 is 0 Å². The lowest BCUT2D eigenvalue weighted by Crippen LogP contribution is -2.02. The van der Waals surface area contributed by atoms with Gasteiger partial charge in [0.2, 0.25) is 5.28 Å². The molecule has 0 fully saturated rings. The van der Waals surface area contributed by atoms with Crippen LogP contribution in [0.4, 0.5) is 5.82 Å². The highest BCUT2D eigenvalue weighted by Crippen LogP contribution is 2.21. The summed E-state index contributed by atoms with van der Waals surface area (Å²) >= 11 is 5.86. The van der Waals surface area contributed by atoms with Crippen LogP contribution in [0.2, 0.25) is 5.28 Å². The van der Waals surface area contributed by atoms with Gasteiger partial charge in [0.15, 0.2) is 0 Å². The summed E-state index contributed by atoms with van der Waals surface area (Å²) in [6, 6.07) is 1.85. The van der Waals surface area contributed by atoms with Crippen LogP contribution >= 0.6 is 11.6 Å². The van der Waals surface area contributed by atoms with Gasteiger partial charge in [0.1, 0.15) is 17.8 Å². The summed E-state index contributed by atoms with van der Waals surface area (Å²) in [5.41, 5.74) is 5.77. The van der Waals surface area contributed by atoms with Crippen molar-refractivity contribution in [3.8, 4) is 0 Å². The molecule has 7 heteroatoms. The number of rotatable bonds is 5. The van der Waals surface area contributed by atoms with Crippen molar-refractivity contribution in [3.63, 3.8) is 0 Å². The predicted molar refractivity (Wildman–Crippen MR) is 90.8 cm³/mol. The fraction of sp³-hybridized carbons (Fsp3) is 0.267. The lowest BCUT2D eigenvalue weighted by Gasteiger charge is -2.07. The fourth-order valence-electron chi connectivity index (χ4n) is 1.85. The number of nitrogens with one attached hydrogen (secondary N) is 2. The second-order valence-electron chi connectivity index (χ2n) is 4.30. The van der Waals surface area contributed by atoms with Crippen molar-refractivity contribution in [1.29, 1.82) is 0 Å². The Labute approximate surface area is 134 Å². The largest absolute Gasteiger partial charge is 0.346 e. The Kier molecular flexibility index (Phi) is 7.28. The van der Waals surface area contributed by atoms with Crippen LogP contribution in [-0.2, 0) is 4.79 Å². The lowest BCUT2D eigenvalue weighted by atomic mass is 10.0. The molecule has 0 saturated carbocycles. The highest BCUT2D eigenvalue weighted by Gasteiger charge is 2.08. The number of H-pyrrole nitrogens is 1. The molecule has 22 heavy (non-hydrogen) atoms. The van der Waals surface area contributed by atoms with E-state index in [4.69, 9.17) is 11.6 Å². The second kappa shape index (κ2) is 8.96. The SMILES string of the molecule is C/C=C\C(C)/C(C=O)=C/Nc1nc(Cl)nc2[nH]ccc12.CN. The van der Waals surface area contributed by atoms with Gasteiger partial charge in [-0.25, -0.2) is 0 Å². The minimum absolute atomic E-state index is 0.0315. The summed E-state index contributed by atoms with van der Waals surface area (Å²) in [5, 5.41) is 3.98. The zero-order chi connectivity index (χ0) is 16.5. The van der Waals surface area contributed by atoms with E-state index >= 15 is 0 Å². The van der Waals surface area contributed by atoms with E-state index in [1.54, 1.807) is 12.4 Å². The van der Waals surface area contributed by atoms with Gasteiger partial charge in [-0.3, -0.25) is 4.79 Å². The van der Waals surface area contributed by atoms with E-state index in [1.165, 1.54) is 7.05 Å². The first-order valence-corrected chi connectivity index (χ1v) is 7.16. The van der Waals surface area contributed by atoms with Gasteiger partial charge in [-0.05, 0) is 31.6 Å². The molecule has 0 aliphatic carbocycles. The van der Waals surface area contributed by atoms with E-state index < -0.39 is 0 Å². The van der Waals surface area contributed by atoms with Crippen LogP contribution in [0.15, 0.2) is 36.2 Å². The van der Waals surface area contributed by atoms with Crippen molar-refractivity contribution >= 4 is 34.7 Å². The molecule has 1 atom stereocenters. The number of nitrogens with two attached hydrogens (primary N) is 1. The van der Waals surface area contributed by atoms with Gasteiger partial charge in [-0.1, -0.05) is 19.1 Å². The number of anilines is 1. The van der Waals surface area contributed by atoms with Crippen LogP contribution in [0, 0.1) is 5.92 Å². The minimum Gasteiger partial charge on any atom is -0.346 e. The number of aromatic amines is 1. The Morgan fingerprint density at radius 2 is 2.18 bits per heavy atom. The number of halogens is 1. The van der Waals surface area contributed by atoms with E-state index in [0.29, 0.717) is 17.0 Å². The smallest absolute Gasteiger partial charge is 0.226 e. The summed E-state index contributed by atoms with van der Waals surface area (Å²) in [6.07, 6.45) is 8.08. The van der Waals surface area contributed by atoms with Gasteiger partial charge in [0, 0.05) is 23.9 Å². The number of allylic oxidation sites excluding steroid dienone is 3. The highest BCUT2D eigenvalue weighted by molar-refractivity contribution is 6.28. The Morgan fingerprint density at radius 3 is 2.82 bits per heavy atom. The quantitative estimate of drug-likeness (QED) is 0.340. The third kappa shape index (κ3) is 4.41. The van der Waals surface area contributed by atoms with Crippen molar-refractivity contribution in [1.82, 2.24) is 15.0 Å². The maximum atomic E-state index is 11.1. The summed E-state index contributed by atoms with van der Waals surface area (Å²) in [5.74, 6) is 0.595. The Hall–Kier alpha value is -2.18. The van der Waals surface area contributed by atoms with Crippen LogP contribution in [0.1, 0.15) is 13.8 Å². The fourth-order valence-corrected chi connectivity index (χ4v) is 2.02. The zero-order valence-electron chi connectivity index (χ0n) is 12.8. The van der Waals surface area contributed by atoms with E-state index in [0.717, 1.165) is 11.7 Å². The summed E-state index contributed by atoms with van der Waals surface area (Å²) in [7, 11) is 1.50. The highest BCUT2D eigenvalue weighted by atomic mass is 35.5. The molecule has 0 aliphatic heterocycles. The molecule has 0 aromatic carbocycles. The van der Waals surface area contributed by atoms with Crippen LogP contribution in [-0.4, -0.2) is 28.3 Å². The number of aldehydes is 1. The van der Waals surface area contributed by atoms with E-state index in [9.17, 15) is 4.79 Å². The maximum absolute atomic E-state index is 11.1. The average Bonchev–Trinajstić information content (AvgIpc) is 2.98. The number of carbonyl (C=O) groups is 1. The molecule has 1 unspecified atom stereocenters. The van der Waals surface area contributed by atoms with Crippen LogP contribution in [0.5, 0.6) is 0 Å². The molecule has 118 valence electrons. The van der Waals surface area contributed by atoms with Crippen molar-refractivity contribution in [2.45, 2.75) is 13.8 Å². The van der Waals surface area contributed by atoms with Gasteiger partial charge < -0.3 is 16.0 Å². The Morgan fingerprint density at radius 1 is 1.45 bits per heavy atom. The molecule has 0 saturated heterocycles. The van der Waals surface area contributed by atoms with E-state index in [2.05, 4.69) is 26.0 Å². The zero-order valence-corrected chi connectivity index (χ0v) is 13.6. The van der Waals surface area contributed by atoms with Crippen molar-refractivity contribution in [2.75, 3.05) is 12.4 Å². The van der Waals surface area contributed by atoms with E-state index in [-0.39, 0.29) is 11.2 Å². The van der Waals surface area contributed by atoms with Crippen molar-refractivity contribution in [3.05, 3.63) is 41.5 Å². The summed E-state index contributed by atoms with van der Waals surface area (Å²) in [4.78, 5) is 22.3. The van der Waals surface area contributed by atoms with Gasteiger partial charge in [-0.15, -0.1) is 0 Å². The number of hydrogen-bond donors (Lipinski definition) is 3. The topological polar surface area (TPSA) is 96.7 Å². The molecule has 2 aromatic heterocycles. The van der Waals surface area contributed by atoms with Crippen LogP contribution in [0.3, 0.4) is 0 Å². The molecule has 0 spiro atoms. The summed E-state index contributed by atoms with van der Waals surface area (Å²) < 4.78 is 0. The monoisotopic (exact) mass is 321 g/mol. The van der Waals surface area contributed by atoms with Crippen LogP contribution < -0.4 is 11.1 Å². The lowest BCUT2D eigenvalue weighted by molar-refractivity contribution is -0.105. The third-order valence-electron chi connectivity index (χ3n) is 2.91. The number of aromatic nitrogens is 3. The van der Waals surface area contributed by atoms with Gasteiger partial charge in [0.05, 0.1) is 5.39 Å². The predicted octanol–water partition coefficient (Wildman–Crippen LogP) is 2.89. The number of carbonyl (C=O) groups excluding carboxylic acids is 1. The Bertz CT molecular complexity index is 678. The third-order valence-corrected chi connectivity index (χ3v) is 3.08. The average molecular weight is 322 g/mol. The molecule has 6 nitrogen and oxygen atoms in total. The number of nitrogens with zero attached hydrogens (tertiary/aromatic N) is 2. The molecular formula is C15H20ClN5O. The standard InChI is InChI=1S/C14H15ClN4O.CH5N/c1-3-4-9(2)10(8-20)7-17-13-11-5-6-16-12(11)18-14(15)19-13;1-2/h3-9H,1-2H3,(H2,16,17,18,19);2H2,1H3/b4-3-,10-7+;. The first-order chi connectivity index (χ1) is 10.7. The molecule has 4 N–H and O–H groups in total. The normalized spacial score (nSPS) is 12.9. The first kappa shape index (κ1) is 17.9. The minimum atomic E-state index is 0.0315. The van der Waals surface area contributed by atoms with Gasteiger partial charge in [0.25, 0.3) is 0 Å². The second-order valence-corrected chi connectivity index (χ2v) is 4.64. The molecular weight excluding hydrogens is 302 g/mol. The molecule has 2 aromatic rings. The maximum Gasteiger partial charge on any atom is 0.226 e. The van der Waals surface area contributed by atoms with Gasteiger partial charge in [-0.2, -0.15) is 9.97 Å². The molecule has 2 rings (SSSR count). The summed E-state index contributed by atoms with van der Waals surface area (Å²) in [6.45, 7) is 3.86. The molecule has 2 heterocycles. The molecule has 0 amide bonds. The van der Waals surface area contributed by atoms with Crippen molar-refractivity contribution < 1.29 is 4.79 Å². The number of hydrogen-bond acceptors (Lipinski definition) is 5.